The molecule has 1 nitrogen and oxygen atoms in total. The molecule has 2 unspecified atom stereocenters. The third kappa shape index (κ3) is 4.87. The third-order valence-electron chi connectivity index (χ3n) is 2.38. The zero-order valence-electron chi connectivity index (χ0n) is 9.03. The molecule has 1 aromatic carbocycles. The van der Waals surface area contributed by atoms with E-state index in [1.165, 1.54) is 6.42 Å². The van der Waals surface area contributed by atoms with E-state index in [0.29, 0.717) is 0 Å². The lowest BCUT2D eigenvalue weighted by atomic mass is 10.0. The second-order valence-corrected chi connectivity index (χ2v) is 4.09. The Balaban J connectivity index is 0.00000196. The minimum atomic E-state index is -0.0530. The zero-order valence-corrected chi connectivity index (χ0v) is 10.6. The lowest BCUT2D eigenvalue weighted by Crippen LogP contribution is -2.25. The van der Waals surface area contributed by atoms with Crippen molar-refractivity contribution in [1.29, 1.82) is 0 Å². The van der Waals surface area contributed by atoms with E-state index >= 15 is 0 Å². The van der Waals surface area contributed by atoms with Crippen molar-refractivity contribution in [3.63, 3.8) is 0 Å². The number of rotatable bonds is 5. The molecule has 86 valence electrons. The first-order chi connectivity index (χ1) is 6.75. The Morgan fingerprint density at radius 1 is 1.27 bits per heavy atom. The van der Waals surface area contributed by atoms with Gasteiger partial charge in [-0.15, -0.1) is 24.0 Å². The van der Waals surface area contributed by atoms with Gasteiger partial charge in [-0.3, -0.25) is 0 Å². The van der Waals surface area contributed by atoms with Crippen molar-refractivity contribution < 1.29 is 0 Å². The van der Waals surface area contributed by atoms with Crippen LogP contribution in [0.2, 0.25) is 0 Å². The summed E-state index contributed by atoms with van der Waals surface area (Å²) in [6.45, 7) is 2.17. The summed E-state index contributed by atoms with van der Waals surface area (Å²) >= 11 is 6.27. The molecule has 3 heteroatoms. The molecule has 0 aromatic heterocycles. The van der Waals surface area contributed by atoms with Crippen molar-refractivity contribution >= 4 is 24.0 Å². The Bertz CT molecular complexity index is 251. The molecule has 0 saturated heterocycles. The van der Waals surface area contributed by atoms with Gasteiger partial charge in [-0.2, -0.15) is 0 Å². The van der Waals surface area contributed by atoms with Gasteiger partial charge in [0.25, 0.3) is 0 Å². The Morgan fingerprint density at radius 2 is 1.87 bits per heavy atom. The highest BCUT2D eigenvalue weighted by atomic mass is 35.5. The molecule has 0 aliphatic rings. The van der Waals surface area contributed by atoms with Crippen molar-refractivity contribution in [2.24, 2.45) is 5.73 Å². The van der Waals surface area contributed by atoms with E-state index in [9.17, 15) is 0 Å². The lowest BCUT2D eigenvalue weighted by Gasteiger charge is -2.17. The summed E-state index contributed by atoms with van der Waals surface area (Å²) in [5.41, 5.74) is 7.13. The number of unbranched alkanes of at least 4 members (excludes halogenated alkanes) is 1. The summed E-state index contributed by atoms with van der Waals surface area (Å²) in [5, 5.41) is -0.0530. The van der Waals surface area contributed by atoms with Crippen LogP contribution in [0.15, 0.2) is 30.3 Å². The maximum atomic E-state index is 6.27. The van der Waals surface area contributed by atoms with E-state index < -0.39 is 0 Å². The summed E-state index contributed by atoms with van der Waals surface area (Å²) in [6.07, 6.45) is 3.32. The molecule has 1 rings (SSSR count). The van der Waals surface area contributed by atoms with Crippen molar-refractivity contribution in [2.45, 2.75) is 37.6 Å². The van der Waals surface area contributed by atoms with Crippen LogP contribution in [0.3, 0.4) is 0 Å². The van der Waals surface area contributed by atoms with E-state index in [0.717, 1.165) is 18.4 Å². The van der Waals surface area contributed by atoms with Crippen LogP contribution in [0, 0.1) is 0 Å². The molecule has 0 bridgehead atoms. The molecule has 2 atom stereocenters. The van der Waals surface area contributed by atoms with Gasteiger partial charge in [0.1, 0.15) is 0 Å². The minimum Gasteiger partial charge on any atom is -0.326 e. The molecule has 0 saturated carbocycles. The summed E-state index contributed by atoms with van der Waals surface area (Å²) in [7, 11) is 0. The van der Waals surface area contributed by atoms with Gasteiger partial charge in [0.05, 0.1) is 5.38 Å². The van der Waals surface area contributed by atoms with Gasteiger partial charge in [0.15, 0.2) is 0 Å². The highest BCUT2D eigenvalue weighted by molar-refractivity contribution is 6.21. The van der Waals surface area contributed by atoms with Gasteiger partial charge in [0, 0.05) is 6.04 Å². The molecule has 2 N–H and O–H groups in total. The standard InChI is InChI=1S/C12H18ClN.ClH/c1-2-3-9-11(14)12(13)10-7-5-4-6-8-10;/h4-8,11-12H,2-3,9,14H2,1H3;1H. The summed E-state index contributed by atoms with van der Waals surface area (Å²) < 4.78 is 0. The molecule has 0 amide bonds. The van der Waals surface area contributed by atoms with Crippen molar-refractivity contribution in [1.82, 2.24) is 0 Å². The van der Waals surface area contributed by atoms with Gasteiger partial charge in [-0.1, -0.05) is 50.1 Å². The molecule has 1 aromatic rings. The van der Waals surface area contributed by atoms with Crippen LogP contribution >= 0.6 is 24.0 Å². The van der Waals surface area contributed by atoms with Crippen LogP contribution in [0.4, 0.5) is 0 Å². The van der Waals surface area contributed by atoms with Crippen LogP contribution in [-0.4, -0.2) is 6.04 Å². The van der Waals surface area contributed by atoms with Crippen LogP contribution in [-0.2, 0) is 0 Å². The fourth-order valence-electron chi connectivity index (χ4n) is 1.47. The Morgan fingerprint density at radius 3 is 2.40 bits per heavy atom. The van der Waals surface area contributed by atoms with Gasteiger partial charge in [-0.25, -0.2) is 0 Å². The van der Waals surface area contributed by atoms with Crippen molar-refractivity contribution in [2.75, 3.05) is 0 Å². The van der Waals surface area contributed by atoms with E-state index in [1.54, 1.807) is 0 Å². The van der Waals surface area contributed by atoms with Crippen LogP contribution in [0.1, 0.15) is 37.1 Å². The molecule has 0 aliphatic heterocycles. The molecule has 15 heavy (non-hydrogen) atoms. The fourth-order valence-corrected chi connectivity index (χ4v) is 1.74. The van der Waals surface area contributed by atoms with E-state index in [2.05, 4.69) is 6.92 Å². The molecule has 0 spiro atoms. The van der Waals surface area contributed by atoms with Crippen LogP contribution < -0.4 is 5.73 Å². The van der Waals surface area contributed by atoms with Gasteiger partial charge < -0.3 is 5.73 Å². The first-order valence-electron chi connectivity index (χ1n) is 5.20. The number of hydrogen-bond donors (Lipinski definition) is 1. The summed E-state index contributed by atoms with van der Waals surface area (Å²) in [6, 6.07) is 10.1. The minimum absolute atomic E-state index is 0. The second kappa shape index (κ2) is 7.98. The van der Waals surface area contributed by atoms with Crippen LogP contribution in [0.5, 0.6) is 0 Å². The largest absolute Gasteiger partial charge is 0.326 e. The average molecular weight is 248 g/mol. The molecule has 0 aliphatic carbocycles. The quantitative estimate of drug-likeness (QED) is 0.785. The highest BCUT2D eigenvalue weighted by Gasteiger charge is 2.15. The number of benzene rings is 1. The predicted octanol–water partition coefficient (Wildman–Crippen LogP) is 3.91. The smallest absolute Gasteiger partial charge is 0.0736 e. The molecular weight excluding hydrogens is 229 g/mol. The molecule has 0 fully saturated rings. The van der Waals surface area contributed by atoms with E-state index in [1.807, 2.05) is 30.3 Å². The SMILES string of the molecule is CCCCC(N)C(Cl)c1ccccc1.Cl. The first-order valence-corrected chi connectivity index (χ1v) is 5.64. The van der Waals surface area contributed by atoms with Crippen molar-refractivity contribution in [3.8, 4) is 0 Å². The monoisotopic (exact) mass is 247 g/mol. The Hall–Kier alpha value is -0.240. The fraction of sp³-hybridized carbons (Fsp3) is 0.500. The van der Waals surface area contributed by atoms with E-state index in [-0.39, 0.29) is 23.8 Å². The molecular formula is C12H19Cl2N. The predicted molar refractivity (Wildman–Crippen MR) is 69.8 cm³/mol. The topological polar surface area (TPSA) is 26.0 Å². The van der Waals surface area contributed by atoms with Crippen LogP contribution in [0.25, 0.3) is 0 Å². The highest BCUT2D eigenvalue weighted by Crippen LogP contribution is 2.25. The second-order valence-electron chi connectivity index (χ2n) is 3.62. The van der Waals surface area contributed by atoms with E-state index in [4.69, 9.17) is 17.3 Å². The molecule has 0 heterocycles. The van der Waals surface area contributed by atoms with Gasteiger partial charge >= 0.3 is 0 Å². The summed E-state index contributed by atoms with van der Waals surface area (Å²) in [4.78, 5) is 0. The number of hydrogen-bond acceptors (Lipinski definition) is 1. The number of halogens is 2. The maximum Gasteiger partial charge on any atom is 0.0736 e. The Kier molecular flexibility index (Phi) is 7.85. The number of alkyl halides is 1. The van der Waals surface area contributed by atoms with Gasteiger partial charge in [0.2, 0.25) is 0 Å². The number of nitrogens with two attached hydrogens (primary N) is 1. The Labute approximate surface area is 103 Å². The molecule has 0 radical (unpaired) electrons. The zero-order chi connectivity index (χ0) is 10.4. The maximum absolute atomic E-state index is 6.27. The lowest BCUT2D eigenvalue weighted by molar-refractivity contribution is 0.561. The average Bonchev–Trinajstić information content (AvgIpc) is 2.26. The third-order valence-corrected chi connectivity index (χ3v) is 2.96. The first kappa shape index (κ1) is 14.8. The van der Waals surface area contributed by atoms with Gasteiger partial charge in [-0.05, 0) is 12.0 Å². The van der Waals surface area contributed by atoms with Crippen molar-refractivity contribution in [3.05, 3.63) is 35.9 Å². The summed E-state index contributed by atoms with van der Waals surface area (Å²) in [5.74, 6) is 0. The normalized spacial score (nSPS) is 14.1.